The van der Waals surface area contributed by atoms with Crippen LogP contribution in [0.15, 0.2) is 47.4 Å². The zero-order chi connectivity index (χ0) is 23.4. The van der Waals surface area contributed by atoms with Crippen molar-refractivity contribution >= 4 is 27.6 Å². The van der Waals surface area contributed by atoms with Crippen molar-refractivity contribution in [3.8, 4) is 0 Å². The Balaban J connectivity index is 2.44. The fourth-order valence-corrected chi connectivity index (χ4v) is 3.77. The third-order valence-electron chi connectivity index (χ3n) is 3.93. The van der Waals surface area contributed by atoms with Gasteiger partial charge in [-0.2, -0.15) is 13.2 Å². The van der Waals surface area contributed by atoms with Crippen molar-refractivity contribution in [1.29, 1.82) is 0 Å². The lowest BCUT2D eigenvalue weighted by molar-refractivity contribution is -0.143. The van der Waals surface area contributed by atoms with Gasteiger partial charge >= 0.3 is 12.1 Å². The maximum Gasteiger partial charge on any atom is 0.418 e. The van der Waals surface area contributed by atoms with E-state index in [4.69, 9.17) is 0 Å². The van der Waals surface area contributed by atoms with E-state index in [1.165, 1.54) is 12.1 Å². The van der Waals surface area contributed by atoms with Gasteiger partial charge in [-0.25, -0.2) is 17.6 Å². The molecule has 0 aromatic heterocycles. The fraction of sp³-hybridized carbons (Fsp3) is 0.222. The van der Waals surface area contributed by atoms with Gasteiger partial charge in [0.1, 0.15) is 10.7 Å². The molecule has 1 amide bonds. The number of benzene rings is 2. The summed E-state index contributed by atoms with van der Waals surface area (Å²) in [4.78, 5) is 23.3. The Bertz CT molecular complexity index is 1090. The molecule has 3 N–H and O–H groups in total. The Hall–Kier alpha value is -3.19. The van der Waals surface area contributed by atoms with Crippen LogP contribution in [0.4, 0.5) is 23.2 Å². The van der Waals surface area contributed by atoms with Gasteiger partial charge in [0.25, 0.3) is 15.9 Å². The minimum atomic E-state index is -5.06. The molecule has 168 valence electrons. The molecule has 2 rings (SSSR count). The first-order valence-corrected chi connectivity index (χ1v) is 9.87. The summed E-state index contributed by atoms with van der Waals surface area (Å²) in [5.74, 6) is -3.34. The zero-order valence-corrected chi connectivity index (χ0v) is 16.6. The summed E-state index contributed by atoms with van der Waals surface area (Å²) in [6.07, 6.45) is -5.06. The Morgan fingerprint density at radius 2 is 1.81 bits per heavy atom. The standard InChI is InChI=1S/C18H16F4N2O6S/c1-30-17(27)14(9-25)23-16(26)11-4-2-3-5-15(11)31(28,29)24-13-7-6-10(19)8-12(13)18(20,21)22/h2-8,14,24-25H,9H2,1H3,(H,23,26). The third-order valence-corrected chi connectivity index (χ3v) is 5.35. The number of nitrogens with one attached hydrogen (secondary N) is 2. The first-order valence-electron chi connectivity index (χ1n) is 8.39. The van der Waals surface area contributed by atoms with Crippen molar-refractivity contribution in [1.82, 2.24) is 5.32 Å². The van der Waals surface area contributed by atoms with E-state index in [1.807, 2.05) is 0 Å². The summed E-state index contributed by atoms with van der Waals surface area (Å²) >= 11 is 0. The molecule has 2 aromatic rings. The largest absolute Gasteiger partial charge is 0.467 e. The molecular weight excluding hydrogens is 448 g/mol. The molecule has 31 heavy (non-hydrogen) atoms. The van der Waals surface area contributed by atoms with E-state index in [-0.39, 0.29) is 6.07 Å². The molecule has 0 spiro atoms. The van der Waals surface area contributed by atoms with Crippen molar-refractivity contribution in [2.24, 2.45) is 0 Å². The van der Waals surface area contributed by atoms with Gasteiger partial charge in [0.15, 0.2) is 6.04 Å². The van der Waals surface area contributed by atoms with E-state index < -0.39 is 68.3 Å². The van der Waals surface area contributed by atoms with Crippen LogP contribution in [0.5, 0.6) is 0 Å². The van der Waals surface area contributed by atoms with E-state index in [1.54, 1.807) is 4.72 Å². The molecule has 13 heteroatoms. The highest BCUT2D eigenvalue weighted by molar-refractivity contribution is 7.92. The average Bonchev–Trinajstić information content (AvgIpc) is 2.71. The number of amides is 1. The van der Waals surface area contributed by atoms with E-state index in [2.05, 4.69) is 10.1 Å². The molecule has 1 unspecified atom stereocenters. The maximum atomic E-state index is 13.3. The zero-order valence-electron chi connectivity index (χ0n) is 15.7. The van der Waals surface area contributed by atoms with Crippen LogP contribution in [0, 0.1) is 5.82 Å². The van der Waals surface area contributed by atoms with Gasteiger partial charge in [0.05, 0.1) is 30.5 Å². The molecule has 0 aliphatic heterocycles. The van der Waals surface area contributed by atoms with Crippen molar-refractivity contribution in [3.05, 3.63) is 59.4 Å². The highest BCUT2D eigenvalue weighted by Gasteiger charge is 2.36. The van der Waals surface area contributed by atoms with Crippen molar-refractivity contribution in [2.75, 3.05) is 18.4 Å². The quantitative estimate of drug-likeness (QED) is 0.425. The molecule has 0 radical (unpaired) electrons. The van der Waals surface area contributed by atoms with Gasteiger partial charge in [0, 0.05) is 0 Å². The Labute approximate surface area is 173 Å². The minimum Gasteiger partial charge on any atom is -0.467 e. The highest BCUT2D eigenvalue weighted by atomic mass is 32.2. The van der Waals surface area contributed by atoms with E-state index in [9.17, 15) is 40.7 Å². The summed E-state index contributed by atoms with van der Waals surface area (Å²) in [5.41, 5.74) is -3.04. The predicted molar refractivity (Wildman–Crippen MR) is 99.0 cm³/mol. The van der Waals surface area contributed by atoms with Crippen molar-refractivity contribution < 1.29 is 45.4 Å². The molecule has 0 heterocycles. The molecule has 0 saturated carbocycles. The number of methoxy groups -OCH3 is 1. The van der Waals surface area contributed by atoms with Gasteiger partial charge < -0.3 is 15.2 Å². The van der Waals surface area contributed by atoms with Gasteiger partial charge in [-0.3, -0.25) is 9.52 Å². The van der Waals surface area contributed by atoms with Crippen LogP contribution in [0.2, 0.25) is 0 Å². The number of esters is 1. The second kappa shape index (κ2) is 9.31. The van der Waals surface area contributed by atoms with Crippen LogP contribution in [0.1, 0.15) is 15.9 Å². The van der Waals surface area contributed by atoms with Gasteiger partial charge in [-0.1, -0.05) is 12.1 Å². The minimum absolute atomic E-state index is 0.124. The number of alkyl halides is 3. The fourth-order valence-electron chi connectivity index (χ4n) is 2.49. The Morgan fingerprint density at radius 3 is 2.39 bits per heavy atom. The van der Waals surface area contributed by atoms with Gasteiger partial charge in [-0.05, 0) is 30.3 Å². The number of rotatable bonds is 7. The molecule has 0 fully saturated rings. The lowest BCUT2D eigenvalue weighted by Crippen LogP contribution is -2.44. The molecule has 0 bridgehead atoms. The average molecular weight is 464 g/mol. The van der Waals surface area contributed by atoms with Crippen LogP contribution in [-0.2, 0) is 25.7 Å². The number of carbonyl (C=O) groups is 2. The van der Waals surface area contributed by atoms with E-state index in [0.29, 0.717) is 12.1 Å². The van der Waals surface area contributed by atoms with Crippen LogP contribution in [0.25, 0.3) is 0 Å². The number of sulfonamides is 1. The molecule has 0 saturated heterocycles. The lowest BCUT2D eigenvalue weighted by Gasteiger charge is -2.17. The van der Waals surface area contributed by atoms with Crippen molar-refractivity contribution in [2.45, 2.75) is 17.1 Å². The summed E-state index contributed by atoms with van der Waals surface area (Å²) in [7, 11) is -3.76. The van der Waals surface area contributed by atoms with E-state index >= 15 is 0 Å². The summed E-state index contributed by atoms with van der Waals surface area (Å²) in [6, 6.07) is 4.33. The Kier molecular flexibility index (Phi) is 7.23. The molecular formula is C18H16F4N2O6S. The first-order chi connectivity index (χ1) is 14.4. The number of anilines is 1. The van der Waals surface area contributed by atoms with Crippen LogP contribution >= 0.6 is 0 Å². The van der Waals surface area contributed by atoms with Gasteiger partial charge in [0.2, 0.25) is 0 Å². The monoisotopic (exact) mass is 464 g/mol. The maximum absolute atomic E-state index is 13.3. The first kappa shape index (κ1) is 24.1. The van der Waals surface area contributed by atoms with Crippen molar-refractivity contribution in [3.63, 3.8) is 0 Å². The highest BCUT2D eigenvalue weighted by Crippen LogP contribution is 2.36. The summed E-state index contributed by atoms with van der Waals surface area (Å²) < 4.78 is 84.4. The number of aliphatic hydroxyl groups excluding tert-OH is 1. The molecule has 1 atom stereocenters. The Morgan fingerprint density at radius 1 is 1.16 bits per heavy atom. The lowest BCUT2D eigenvalue weighted by atomic mass is 10.2. The topological polar surface area (TPSA) is 122 Å². The normalized spacial score (nSPS) is 12.7. The number of ether oxygens (including phenoxy) is 1. The van der Waals surface area contributed by atoms with Crippen LogP contribution in [-0.4, -0.2) is 45.2 Å². The summed E-state index contributed by atoms with van der Waals surface area (Å²) in [6.45, 7) is -0.851. The summed E-state index contributed by atoms with van der Waals surface area (Å²) in [5, 5.41) is 11.3. The molecule has 0 aliphatic rings. The van der Waals surface area contributed by atoms with E-state index in [0.717, 1.165) is 19.2 Å². The second-order valence-corrected chi connectivity index (χ2v) is 7.67. The SMILES string of the molecule is COC(=O)C(CO)NC(=O)c1ccccc1S(=O)(=O)Nc1ccc(F)cc1C(F)(F)F. The third kappa shape index (κ3) is 5.70. The molecule has 8 nitrogen and oxygen atoms in total. The van der Waals surface area contributed by atoms with Crippen LogP contribution in [0.3, 0.4) is 0 Å². The second-order valence-electron chi connectivity index (χ2n) is 6.02. The predicted octanol–water partition coefficient (Wildman–Crippen LogP) is 1.91. The number of halogens is 4. The van der Waals surface area contributed by atoms with Gasteiger partial charge in [-0.15, -0.1) is 0 Å². The smallest absolute Gasteiger partial charge is 0.418 e. The number of hydrogen-bond acceptors (Lipinski definition) is 6. The molecule has 2 aromatic carbocycles. The number of carbonyl (C=O) groups excluding carboxylic acids is 2. The van der Waals surface area contributed by atoms with Crippen LogP contribution < -0.4 is 10.0 Å². The number of hydrogen-bond donors (Lipinski definition) is 3. The number of aliphatic hydroxyl groups is 1. The molecule has 0 aliphatic carbocycles.